The van der Waals surface area contributed by atoms with Gasteiger partial charge >= 0.3 is 0 Å². The highest BCUT2D eigenvalue weighted by Gasteiger charge is 2.08. The molecule has 0 atom stereocenters. The first-order valence-electron chi connectivity index (χ1n) is 8.22. The Morgan fingerprint density at radius 3 is 2.54 bits per heavy atom. The Kier molecular flexibility index (Phi) is 6.18. The molecule has 2 aromatic rings. The van der Waals surface area contributed by atoms with Gasteiger partial charge in [-0.2, -0.15) is 0 Å². The zero-order valence-electron chi connectivity index (χ0n) is 14.2. The molecule has 5 heteroatoms. The minimum Gasteiger partial charge on any atom is -0.397 e. The average molecular weight is 329 g/mol. The number of rotatable bonds is 7. The number of halogens is 1. The van der Waals surface area contributed by atoms with Gasteiger partial charge in [-0.25, -0.2) is 4.39 Å². The van der Waals surface area contributed by atoms with Crippen molar-refractivity contribution in [3.63, 3.8) is 0 Å². The first-order chi connectivity index (χ1) is 11.5. The lowest BCUT2D eigenvalue weighted by molar-refractivity contribution is -0.116. The summed E-state index contributed by atoms with van der Waals surface area (Å²) in [6.45, 7) is 5.98. The second-order valence-corrected chi connectivity index (χ2v) is 5.62. The molecule has 0 saturated heterocycles. The van der Waals surface area contributed by atoms with E-state index in [-0.39, 0.29) is 11.7 Å². The van der Waals surface area contributed by atoms with Gasteiger partial charge in [-0.05, 0) is 56.2 Å². The SMILES string of the molecule is CCN(CC)c1ccc(CCC(=O)Nc2cccc(F)c2)cc1N. The Morgan fingerprint density at radius 1 is 1.17 bits per heavy atom. The molecule has 2 rings (SSSR count). The monoisotopic (exact) mass is 329 g/mol. The Balaban J connectivity index is 1.94. The van der Waals surface area contributed by atoms with E-state index in [2.05, 4.69) is 24.1 Å². The minimum atomic E-state index is -0.368. The highest BCUT2D eigenvalue weighted by molar-refractivity contribution is 5.90. The summed E-state index contributed by atoms with van der Waals surface area (Å²) >= 11 is 0. The topological polar surface area (TPSA) is 58.4 Å². The molecule has 0 fully saturated rings. The Hall–Kier alpha value is -2.56. The normalized spacial score (nSPS) is 10.5. The predicted octanol–water partition coefficient (Wildman–Crippen LogP) is 3.83. The molecular weight excluding hydrogens is 305 g/mol. The molecule has 0 aromatic heterocycles. The van der Waals surface area contributed by atoms with Crippen molar-refractivity contribution in [3.8, 4) is 0 Å². The molecule has 128 valence electrons. The van der Waals surface area contributed by atoms with Crippen LogP contribution in [0.4, 0.5) is 21.5 Å². The number of benzene rings is 2. The standard InChI is InChI=1S/C19H24FN3O/c1-3-23(4-2)18-10-8-14(12-17(18)21)9-11-19(24)22-16-7-5-6-15(20)13-16/h5-8,10,12-13H,3-4,9,11,21H2,1-2H3,(H,22,24). The molecule has 0 radical (unpaired) electrons. The molecule has 0 aliphatic rings. The number of nitrogen functional groups attached to an aromatic ring is 1. The third-order valence-corrected chi connectivity index (χ3v) is 3.95. The number of amides is 1. The molecule has 0 spiro atoms. The van der Waals surface area contributed by atoms with Gasteiger partial charge in [0.2, 0.25) is 5.91 Å². The maximum atomic E-state index is 13.1. The van der Waals surface area contributed by atoms with Crippen molar-refractivity contribution < 1.29 is 9.18 Å². The third kappa shape index (κ3) is 4.72. The van der Waals surface area contributed by atoms with E-state index < -0.39 is 0 Å². The van der Waals surface area contributed by atoms with Crippen LogP contribution in [-0.2, 0) is 11.2 Å². The second-order valence-electron chi connectivity index (χ2n) is 5.62. The van der Waals surface area contributed by atoms with E-state index in [9.17, 15) is 9.18 Å². The number of carbonyl (C=O) groups excluding carboxylic acids is 1. The quantitative estimate of drug-likeness (QED) is 0.759. The zero-order chi connectivity index (χ0) is 17.5. The Labute approximate surface area is 142 Å². The molecule has 2 aromatic carbocycles. The van der Waals surface area contributed by atoms with Crippen LogP contribution in [-0.4, -0.2) is 19.0 Å². The fourth-order valence-corrected chi connectivity index (χ4v) is 2.66. The largest absolute Gasteiger partial charge is 0.397 e. The number of hydrogen-bond acceptors (Lipinski definition) is 3. The van der Waals surface area contributed by atoms with Crippen molar-refractivity contribution >= 4 is 23.0 Å². The fraction of sp³-hybridized carbons (Fsp3) is 0.316. The first kappa shape index (κ1) is 17.8. The fourth-order valence-electron chi connectivity index (χ4n) is 2.66. The molecule has 3 N–H and O–H groups in total. The van der Waals surface area contributed by atoms with Crippen LogP contribution in [0.25, 0.3) is 0 Å². The summed E-state index contributed by atoms with van der Waals surface area (Å²) in [5, 5.41) is 2.70. The minimum absolute atomic E-state index is 0.146. The summed E-state index contributed by atoms with van der Waals surface area (Å²) in [6, 6.07) is 11.8. The van der Waals surface area contributed by atoms with E-state index in [0.29, 0.717) is 18.5 Å². The average Bonchev–Trinajstić information content (AvgIpc) is 2.55. The van der Waals surface area contributed by atoms with Gasteiger partial charge < -0.3 is 16.0 Å². The maximum absolute atomic E-state index is 13.1. The van der Waals surface area contributed by atoms with Crippen molar-refractivity contribution in [2.75, 3.05) is 29.0 Å². The molecule has 0 aliphatic carbocycles. The molecule has 1 amide bonds. The van der Waals surface area contributed by atoms with Gasteiger partial charge in [0.15, 0.2) is 0 Å². The van der Waals surface area contributed by atoms with Crippen LogP contribution in [0.3, 0.4) is 0 Å². The summed E-state index contributed by atoms with van der Waals surface area (Å²) in [5.41, 5.74) is 9.36. The molecule has 0 saturated carbocycles. The summed E-state index contributed by atoms with van der Waals surface area (Å²) in [5.74, 6) is -0.514. The van der Waals surface area contributed by atoms with Gasteiger partial charge in [-0.3, -0.25) is 4.79 Å². The number of carbonyl (C=O) groups is 1. The maximum Gasteiger partial charge on any atom is 0.224 e. The van der Waals surface area contributed by atoms with Crippen molar-refractivity contribution in [3.05, 3.63) is 53.8 Å². The van der Waals surface area contributed by atoms with Crippen LogP contribution >= 0.6 is 0 Å². The van der Waals surface area contributed by atoms with Gasteiger partial charge in [-0.1, -0.05) is 12.1 Å². The summed E-state index contributed by atoms with van der Waals surface area (Å²) < 4.78 is 13.1. The van der Waals surface area contributed by atoms with E-state index in [1.807, 2.05) is 18.2 Å². The summed E-state index contributed by atoms with van der Waals surface area (Å²) in [4.78, 5) is 14.2. The van der Waals surface area contributed by atoms with Gasteiger partial charge in [0.05, 0.1) is 11.4 Å². The lowest BCUT2D eigenvalue weighted by Gasteiger charge is -2.23. The summed E-state index contributed by atoms with van der Waals surface area (Å²) in [6.07, 6.45) is 0.907. The number of nitrogens with one attached hydrogen (secondary N) is 1. The highest BCUT2D eigenvalue weighted by atomic mass is 19.1. The number of nitrogens with two attached hydrogens (primary N) is 1. The van der Waals surface area contributed by atoms with Gasteiger partial charge in [0.25, 0.3) is 0 Å². The zero-order valence-corrected chi connectivity index (χ0v) is 14.2. The van der Waals surface area contributed by atoms with Crippen LogP contribution in [0, 0.1) is 5.82 Å². The van der Waals surface area contributed by atoms with E-state index >= 15 is 0 Å². The van der Waals surface area contributed by atoms with Crippen molar-refractivity contribution in [2.24, 2.45) is 0 Å². The van der Waals surface area contributed by atoms with Crippen molar-refractivity contribution in [1.29, 1.82) is 0 Å². The third-order valence-electron chi connectivity index (χ3n) is 3.95. The van der Waals surface area contributed by atoms with Crippen molar-refractivity contribution in [1.82, 2.24) is 0 Å². The Bertz CT molecular complexity index is 699. The predicted molar refractivity (Wildman–Crippen MR) is 97.8 cm³/mol. The number of aryl methyl sites for hydroxylation is 1. The lowest BCUT2D eigenvalue weighted by Crippen LogP contribution is -2.23. The van der Waals surface area contributed by atoms with E-state index in [1.165, 1.54) is 12.1 Å². The smallest absolute Gasteiger partial charge is 0.224 e. The molecule has 4 nitrogen and oxygen atoms in total. The van der Waals surface area contributed by atoms with Crippen LogP contribution in [0.15, 0.2) is 42.5 Å². The van der Waals surface area contributed by atoms with Crippen LogP contribution < -0.4 is 16.0 Å². The number of anilines is 3. The molecule has 0 aliphatic heterocycles. The molecule has 0 bridgehead atoms. The molecular formula is C19H24FN3O. The first-order valence-corrected chi connectivity index (χ1v) is 8.22. The van der Waals surface area contributed by atoms with Crippen molar-refractivity contribution in [2.45, 2.75) is 26.7 Å². The van der Waals surface area contributed by atoms with Crippen LogP contribution in [0.1, 0.15) is 25.8 Å². The number of hydrogen-bond donors (Lipinski definition) is 2. The Morgan fingerprint density at radius 2 is 1.92 bits per heavy atom. The van der Waals surface area contributed by atoms with E-state index in [0.717, 1.165) is 30.0 Å². The van der Waals surface area contributed by atoms with Gasteiger partial charge in [-0.15, -0.1) is 0 Å². The second kappa shape index (κ2) is 8.34. The van der Waals surface area contributed by atoms with E-state index in [1.54, 1.807) is 12.1 Å². The number of nitrogens with zero attached hydrogens (tertiary/aromatic N) is 1. The summed E-state index contributed by atoms with van der Waals surface area (Å²) in [7, 11) is 0. The van der Waals surface area contributed by atoms with Gasteiger partial charge in [0.1, 0.15) is 5.82 Å². The molecule has 0 heterocycles. The van der Waals surface area contributed by atoms with E-state index in [4.69, 9.17) is 5.73 Å². The molecule has 0 unspecified atom stereocenters. The van der Waals surface area contributed by atoms with Crippen LogP contribution in [0.2, 0.25) is 0 Å². The van der Waals surface area contributed by atoms with Crippen LogP contribution in [0.5, 0.6) is 0 Å². The highest BCUT2D eigenvalue weighted by Crippen LogP contribution is 2.24. The van der Waals surface area contributed by atoms with Gasteiger partial charge in [0, 0.05) is 25.2 Å². The lowest BCUT2D eigenvalue weighted by atomic mass is 10.1. The molecule has 24 heavy (non-hydrogen) atoms.